The summed E-state index contributed by atoms with van der Waals surface area (Å²) in [6.07, 6.45) is 6.04. The van der Waals surface area contributed by atoms with Crippen LogP contribution in [0.3, 0.4) is 0 Å². The topological polar surface area (TPSA) is 92.9 Å². The number of anilines is 1. The van der Waals surface area contributed by atoms with Crippen LogP contribution in [0.25, 0.3) is 11.2 Å². The van der Waals surface area contributed by atoms with E-state index in [1.165, 1.54) is 6.33 Å². The van der Waals surface area contributed by atoms with Crippen LogP contribution in [0.5, 0.6) is 0 Å². The van der Waals surface area contributed by atoms with E-state index in [1.807, 2.05) is 18.4 Å². The summed E-state index contributed by atoms with van der Waals surface area (Å²) in [5, 5.41) is 12.3. The molecule has 7 nitrogen and oxygen atoms in total. The summed E-state index contributed by atoms with van der Waals surface area (Å²) in [7, 11) is 0. The van der Waals surface area contributed by atoms with Crippen LogP contribution < -0.4 is 5.32 Å². The first-order chi connectivity index (χ1) is 10.1. The van der Waals surface area contributed by atoms with E-state index >= 15 is 0 Å². The van der Waals surface area contributed by atoms with Crippen molar-refractivity contribution in [2.24, 2.45) is 5.92 Å². The maximum atomic E-state index is 11.4. The Labute approximate surface area is 122 Å². The van der Waals surface area contributed by atoms with Gasteiger partial charge in [0.2, 0.25) is 0 Å². The molecule has 0 unspecified atom stereocenters. The summed E-state index contributed by atoms with van der Waals surface area (Å²) in [4.78, 5) is 24.2. The zero-order chi connectivity index (χ0) is 15.0. The number of carboxylic acids is 1. The van der Waals surface area contributed by atoms with Crippen molar-refractivity contribution in [2.75, 3.05) is 5.32 Å². The van der Waals surface area contributed by atoms with Crippen LogP contribution in [-0.4, -0.2) is 36.6 Å². The average Bonchev–Trinajstić information content (AvgIpc) is 3.17. The van der Waals surface area contributed by atoms with E-state index in [0.717, 1.165) is 18.5 Å². The second-order valence-electron chi connectivity index (χ2n) is 5.94. The highest BCUT2D eigenvalue weighted by Crippen LogP contribution is 2.37. The molecule has 0 spiro atoms. The molecule has 0 aliphatic heterocycles. The Morgan fingerprint density at radius 2 is 2.19 bits per heavy atom. The van der Waals surface area contributed by atoms with E-state index in [9.17, 15) is 9.90 Å². The van der Waals surface area contributed by atoms with Crippen LogP contribution >= 0.6 is 0 Å². The van der Waals surface area contributed by atoms with Gasteiger partial charge in [0, 0.05) is 6.04 Å². The number of hydrogen-bond acceptors (Lipinski definition) is 5. The van der Waals surface area contributed by atoms with Gasteiger partial charge >= 0.3 is 5.97 Å². The minimum Gasteiger partial charge on any atom is -0.480 e. The SMILES string of the molecule is CC(C)C[C@@H](Nc1ncnc2c1ncn2C1CC1)C(=O)O. The highest BCUT2D eigenvalue weighted by Gasteiger charge is 2.27. The molecule has 2 heterocycles. The highest BCUT2D eigenvalue weighted by molar-refractivity contribution is 5.86. The number of aromatic nitrogens is 4. The first kappa shape index (κ1) is 13.8. The Hall–Kier alpha value is -2.18. The van der Waals surface area contributed by atoms with E-state index in [1.54, 1.807) is 6.33 Å². The van der Waals surface area contributed by atoms with E-state index in [-0.39, 0.29) is 5.92 Å². The molecule has 1 atom stereocenters. The zero-order valence-corrected chi connectivity index (χ0v) is 12.2. The molecule has 0 amide bonds. The zero-order valence-electron chi connectivity index (χ0n) is 12.2. The van der Waals surface area contributed by atoms with Gasteiger partial charge in [0.15, 0.2) is 11.5 Å². The molecule has 1 saturated carbocycles. The van der Waals surface area contributed by atoms with Crippen LogP contribution in [0, 0.1) is 5.92 Å². The Bertz CT molecular complexity index is 662. The monoisotopic (exact) mass is 289 g/mol. The quantitative estimate of drug-likeness (QED) is 0.845. The largest absolute Gasteiger partial charge is 0.480 e. The fourth-order valence-corrected chi connectivity index (χ4v) is 2.44. The van der Waals surface area contributed by atoms with Gasteiger partial charge in [-0.1, -0.05) is 13.8 Å². The second-order valence-corrected chi connectivity index (χ2v) is 5.94. The molecule has 2 N–H and O–H groups in total. The Morgan fingerprint density at radius 1 is 1.43 bits per heavy atom. The Morgan fingerprint density at radius 3 is 2.81 bits per heavy atom. The lowest BCUT2D eigenvalue weighted by molar-refractivity contribution is -0.138. The summed E-state index contributed by atoms with van der Waals surface area (Å²) in [5.41, 5.74) is 1.41. The predicted octanol–water partition coefficient (Wildman–Crippen LogP) is 2.07. The van der Waals surface area contributed by atoms with Gasteiger partial charge in [-0.25, -0.2) is 19.7 Å². The lowest BCUT2D eigenvalue weighted by atomic mass is 10.0. The van der Waals surface area contributed by atoms with Gasteiger partial charge < -0.3 is 15.0 Å². The summed E-state index contributed by atoms with van der Waals surface area (Å²) in [6.45, 7) is 3.99. The first-order valence-electron chi connectivity index (χ1n) is 7.23. The number of fused-ring (bicyclic) bond motifs is 1. The molecular weight excluding hydrogens is 270 g/mol. The molecule has 2 aromatic heterocycles. The fourth-order valence-electron chi connectivity index (χ4n) is 2.44. The maximum Gasteiger partial charge on any atom is 0.326 e. The van der Waals surface area contributed by atoms with Crippen molar-refractivity contribution in [2.45, 2.75) is 45.2 Å². The number of rotatable bonds is 6. The third-order valence-corrected chi connectivity index (χ3v) is 3.62. The average molecular weight is 289 g/mol. The molecule has 2 aromatic rings. The van der Waals surface area contributed by atoms with E-state index in [2.05, 4.69) is 20.3 Å². The van der Waals surface area contributed by atoms with Crippen molar-refractivity contribution in [1.29, 1.82) is 0 Å². The maximum absolute atomic E-state index is 11.4. The number of nitrogens with zero attached hydrogens (tertiary/aromatic N) is 4. The van der Waals surface area contributed by atoms with Crippen LogP contribution in [0.4, 0.5) is 5.82 Å². The van der Waals surface area contributed by atoms with Crippen molar-refractivity contribution in [3.8, 4) is 0 Å². The van der Waals surface area contributed by atoms with Crippen molar-refractivity contribution >= 4 is 23.0 Å². The summed E-state index contributed by atoms with van der Waals surface area (Å²) < 4.78 is 2.04. The number of carbonyl (C=O) groups is 1. The molecule has 0 bridgehead atoms. The van der Waals surface area contributed by atoms with Crippen LogP contribution in [0.15, 0.2) is 12.7 Å². The van der Waals surface area contributed by atoms with Crippen molar-refractivity contribution in [1.82, 2.24) is 19.5 Å². The van der Waals surface area contributed by atoms with E-state index < -0.39 is 12.0 Å². The van der Waals surface area contributed by atoms with Gasteiger partial charge in [0.05, 0.1) is 6.33 Å². The Balaban J connectivity index is 1.90. The molecule has 7 heteroatoms. The van der Waals surface area contributed by atoms with Crippen LogP contribution in [-0.2, 0) is 4.79 Å². The minimum atomic E-state index is -0.878. The normalized spacial score (nSPS) is 16.3. The molecule has 1 aliphatic carbocycles. The fraction of sp³-hybridized carbons (Fsp3) is 0.571. The standard InChI is InChI=1S/C14H19N5O2/c1-8(2)5-10(14(20)21)18-12-11-13(16-6-15-12)19(7-17-11)9-3-4-9/h6-10H,3-5H2,1-2H3,(H,20,21)(H,15,16,18)/t10-/m1/s1. The molecule has 1 aliphatic rings. The lowest BCUT2D eigenvalue weighted by Gasteiger charge is -2.17. The van der Waals surface area contributed by atoms with E-state index in [4.69, 9.17) is 0 Å². The number of nitrogens with one attached hydrogen (secondary N) is 1. The molecule has 21 heavy (non-hydrogen) atoms. The molecule has 0 aromatic carbocycles. The van der Waals surface area contributed by atoms with Gasteiger partial charge in [0.1, 0.15) is 17.9 Å². The van der Waals surface area contributed by atoms with Crippen molar-refractivity contribution in [3.05, 3.63) is 12.7 Å². The van der Waals surface area contributed by atoms with Gasteiger partial charge in [-0.05, 0) is 25.2 Å². The van der Waals surface area contributed by atoms with Gasteiger partial charge in [-0.3, -0.25) is 0 Å². The van der Waals surface area contributed by atoms with Crippen LogP contribution in [0.2, 0.25) is 0 Å². The van der Waals surface area contributed by atoms with Gasteiger partial charge in [0.25, 0.3) is 0 Å². The third kappa shape index (κ3) is 2.81. The highest BCUT2D eigenvalue weighted by atomic mass is 16.4. The lowest BCUT2D eigenvalue weighted by Crippen LogP contribution is -2.31. The number of aliphatic carboxylic acids is 1. The molecule has 1 fully saturated rings. The minimum absolute atomic E-state index is 0.278. The summed E-state index contributed by atoms with van der Waals surface area (Å²) >= 11 is 0. The smallest absolute Gasteiger partial charge is 0.326 e. The number of imidazole rings is 1. The summed E-state index contributed by atoms with van der Waals surface area (Å²) in [5.74, 6) is -0.107. The Kier molecular flexibility index (Phi) is 3.48. The molecule has 112 valence electrons. The predicted molar refractivity (Wildman–Crippen MR) is 78.1 cm³/mol. The molecular formula is C14H19N5O2. The van der Waals surface area contributed by atoms with Gasteiger partial charge in [-0.15, -0.1) is 0 Å². The first-order valence-corrected chi connectivity index (χ1v) is 7.23. The number of hydrogen-bond donors (Lipinski definition) is 2. The van der Waals surface area contributed by atoms with E-state index in [0.29, 0.717) is 23.8 Å². The number of carboxylic acid groups (broad SMARTS) is 1. The van der Waals surface area contributed by atoms with Crippen molar-refractivity contribution < 1.29 is 9.90 Å². The molecule has 0 radical (unpaired) electrons. The van der Waals surface area contributed by atoms with Crippen LogP contribution in [0.1, 0.15) is 39.2 Å². The van der Waals surface area contributed by atoms with Crippen molar-refractivity contribution in [3.63, 3.8) is 0 Å². The second kappa shape index (κ2) is 5.31. The van der Waals surface area contributed by atoms with Gasteiger partial charge in [-0.2, -0.15) is 0 Å². The third-order valence-electron chi connectivity index (χ3n) is 3.62. The summed E-state index contributed by atoms with van der Waals surface area (Å²) in [6, 6.07) is -0.196. The molecule has 3 rings (SSSR count). The molecule has 0 saturated heterocycles.